The van der Waals surface area contributed by atoms with Gasteiger partial charge in [0.1, 0.15) is 12.1 Å². The number of ether oxygens (including phenoxy) is 2. The third kappa shape index (κ3) is 9.37. The molecule has 2 heterocycles. The number of nitrogens with zero attached hydrogens (tertiary/aromatic N) is 2. The first kappa shape index (κ1) is 42.2. The highest BCUT2D eigenvalue weighted by Gasteiger charge is 2.72. The Labute approximate surface area is 314 Å². The normalized spacial score (nSPS) is 20.5. The van der Waals surface area contributed by atoms with E-state index in [-0.39, 0.29) is 39.4 Å². The highest BCUT2D eigenvalue weighted by atomic mass is 16.7. The van der Waals surface area contributed by atoms with E-state index in [1.165, 1.54) is 48.5 Å². The molecular formula is C38H50N4O12. The van der Waals surface area contributed by atoms with Gasteiger partial charge in [0.25, 0.3) is 23.0 Å². The Morgan fingerprint density at radius 3 is 1.24 bits per heavy atom. The second kappa shape index (κ2) is 16.4. The molecule has 0 radical (unpaired) electrons. The molecule has 2 aliphatic heterocycles. The van der Waals surface area contributed by atoms with E-state index < -0.39 is 80.9 Å². The molecule has 2 fully saturated rings. The zero-order valence-corrected chi connectivity index (χ0v) is 31.9. The molecule has 0 aliphatic carbocycles. The molecule has 2 aromatic carbocycles. The van der Waals surface area contributed by atoms with Gasteiger partial charge in [0, 0.05) is 24.2 Å². The fourth-order valence-electron chi connectivity index (χ4n) is 5.50. The number of benzene rings is 2. The van der Waals surface area contributed by atoms with Crippen molar-refractivity contribution in [1.29, 1.82) is 0 Å². The van der Waals surface area contributed by atoms with Crippen molar-refractivity contribution in [3.05, 3.63) is 70.8 Å². The highest BCUT2D eigenvalue weighted by molar-refractivity contribution is 6.29. The molecular weight excluding hydrogens is 704 g/mol. The molecule has 16 heteroatoms. The standard InChI is InChI=1S/C38H50N4O12/c1-23-9-13-25(14-10-23)29(43)37(49,33(47)53-41-19-17-39-27(31(41)45)21-51-35(3,4)5)38(50,30(44)26-15-11-24(2)12-16-26)34(48)54-42-20-18-40-28(32(42)46)22-52-36(6,7)8/h9-16,27-28,39-40,49-50H,17-22H2,1-8H3/t27-,28-,37?,38?/m0/s1. The summed E-state index contributed by atoms with van der Waals surface area (Å²) in [5.41, 5.74) is -8.97. The summed E-state index contributed by atoms with van der Waals surface area (Å²) < 4.78 is 11.4. The maximum absolute atomic E-state index is 14.4. The van der Waals surface area contributed by atoms with Crippen LogP contribution in [0.5, 0.6) is 0 Å². The van der Waals surface area contributed by atoms with Crippen molar-refractivity contribution in [2.75, 3.05) is 39.4 Å². The van der Waals surface area contributed by atoms with Crippen LogP contribution in [0.15, 0.2) is 48.5 Å². The molecule has 4 N–H and O–H groups in total. The maximum Gasteiger partial charge on any atom is 0.376 e. The minimum Gasteiger partial charge on any atom is -0.374 e. The first-order valence-corrected chi connectivity index (χ1v) is 17.6. The van der Waals surface area contributed by atoms with Crippen LogP contribution < -0.4 is 10.6 Å². The van der Waals surface area contributed by atoms with Crippen LogP contribution in [0, 0.1) is 13.8 Å². The van der Waals surface area contributed by atoms with E-state index in [1.54, 1.807) is 55.4 Å². The highest BCUT2D eigenvalue weighted by Crippen LogP contribution is 2.35. The number of carbonyl (C=O) groups excluding carboxylic acids is 6. The Bertz CT molecular complexity index is 1610. The number of hydrogen-bond donors (Lipinski definition) is 4. The van der Waals surface area contributed by atoms with E-state index >= 15 is 0 Å². The number of aliphatic hydroxyl groups is 2. The van der Waals surface area contributed by atoms with Crippen LogP contribution in [0.3, 0.4) is 0 Å². The Kier molecular flexibility index (Phi) is 12.8. The Balaban J connectivity index is 1.81. The molecule has 2 aromatic rings. The number of hydrogen-bond acceptors (Lipinski definition) is 14. The summed E-state index contributed by atoms with van der Waals surface area (Å²) in [4.78, 5) is 95.2. The van der Waals surface area contributed by atoms with Crippen molar-refractivity contribution >= 4 is 35.3 Å². The van der Waals surface area contributed by atoms with E-state index in [0.29, 0.717) is 21.3 Å². The summed E-state index contributed by atoms with van der Waals surface area (Å²) in [6.45, 7) is 13.3. The Hall–Kier alpha value is -4.58. The van der Waals surface area contributed by atoms with Gasteiger partial charge in [-0.2, -0.15) is 10.1 Å². The van der Waals surface area contributed by atoms with E-state index in [2.05, 4.69) is 10.6 Å². The quantitative estimate of drug-likeness (QED) is 0.166. The van der Waals surface area contributed by atoms with Gasteiger partial charge < -0.3 is 40.0 Å². The smallest absolute Gasteiger partial charge is 0.374 e. The number of amides is 2. The molecule has 2 amide bonds. The zero-order chi connectivity index (χ0) is 40.2. The lowest BCUT2D eigenvalue weighted by Crippen LogP contribution is -2.73. The number of carbonyl (C=O) groups is 6. The number of hydroxylamine groups is 4. The number of rotatable bonds is 13. The van der Waals surface area contributed by atoms with Gasteiger partial charge in [0.15, 0.2) is 0 Å². The summed E-state index contributed by atoms with van der Waals surface area (Å²) in [5.74, 6) is -9.02. The lowest BCUT2D eigenvalue weighted by Gasteiger charge is -2.40. The van der Waals surface area contributed by atoms with E-state index in [9.17, 15) is 39.0 Å². The SMILES string of the molecule is Cc1ccc(C(=O)C(O)(C(=O)ON2CCN[C@@H](COC(C)(C)C)C2=O)C(O)(C(=O)ON2CCN[C@@H](COC(C)(C)C)C2=O)C(=O)c2ccc(C)cc2)cc1. The molecule has 16 nitrogen and oxygen atoms in total. The average molecular weight is 755 g/mol. The van der Waals surface area contributed by atoms with Crippen LogP contribution >= 0.6 is 0 Å². The van der Waals surface area contributed by atoms with Gasteiger partial charge in [-0.05, 0) is 55.4 Å². The van der Waals surface area contributed by atoms with Crippen molar-refractivity contribution in [2.24, 2.45) is 0 Å². The minimum atomic E-state index is -4.10. The van der Waals surface area contributed by atoms with Gasteiger partial charge in [-0.1, -0.05) is 59.7 Å². The average Bonchev–Trinajstić information content (AvgIpc) is 3.10. The lowest BCUT2D eigenvalue weighted by atomic mass is 9.73. The second-order valence-electron chi connectivity index (χ2n) is 15.3. The van der Waals surface area contributed by atoms with Gasteiger partial charge >= 0.3 is 11.9 Å². The van der Waals surface area contributed by atoms with Crippen molar-refractivity contribution in [1.82, 2.24) is 20.8 Å². The van der Waals surface area contributed by atoms with Crippen molar-refractivity contribution in [3.8, 4) is 0 Å². The molecule has 0 aromatic heterocycles. The lowest BCUT2D eigenvalue weighted by molar-refractivity contribution is -0.238. The third-order valence-corrected chi connectivity index (χ3v) is 8.65. The van der Waals surface area contributed by atoms with Crippen molar-refractivity contribution < 1.29 is 58.1 Å². The molecule has 0 saturated carbocycles. The molecule has 54 heavy (non-hydrogen) atoms. The number of piperazine rings is 2. The maximum atomic E-state index is 14.4. The molecule has 4 atom stereocenters. The Morgan fingerprint density at radius 2 is 0.944 bits per heavy atom. The first-order valence-electron chi connectivity index (χ1n) is 17.6. The van der Waals surface area contributed by atoms with Gasteiger partial charge in [0.2, 0.25) is 11.6 Å². The molecule has 2 aliphatic rings. The molecule has 0 bridgehead atoms. The van der Waals surface area contributed by atoms with Crippen LogP contribution in [0.1, 0.15) is 73.4 Å². The molecule has 4 rings (SSSR count). The van der Waals surface area contributed by atoms with Crippen molar-refractivity contribution in [3.63, 3.8) is 0 Å². The number of nitrogens with one attached hydrogen (secondary N) is 2. The summed E-state index contributed by atoms with van der Waals surface area (Å²) in [7, 11) is 0. The van der Waals surface area contributed by atoms with Gasteiger partial charge in [0.05, 0.1) is 37.5 Å². The number of ketones is 2. The summed E-state index contributed by atoms with van der Waals surface area (Å²) in [6, 6.07) is 8.57. The van der Waals surface area contributed by atoms with Gasteiger partial charge in [-0.25, -0.2) is 9.59 Å². The first-order chi connectivity index (χ1) is 25.1. The third-order valence-electron chi connectivity index (χ3n) is 8.65. The van der Waals surface area contributed by atoms with Crippen LogP contribution in [0.2, 0.25) is 0 Å². The Morgan fingerprint density at radius 1 is 0.630 bits per heavy atom. The van der Waals surface area contributed by atoms with E-state index in [0.717, 1.165) is 0 Å². The summed E-state index contributed by atoms with van der Waals surface area (Å²) >= 11 is 0. The number of Topliss-reactive ketones (excluding diaryl/α,β-unsaturated/α-hetero) is 2. The zero-order valence-electron chi connectivity index (χ0n) is 31.9. The molecule has 294 valence electrons. The van der Waals surface area contributed by atoms with Gasteiger partial charge in [-0.3, -0.25) is 19.2 Å². The largest absolute Gasteiger partial charge is 0.376 e. The van der Waals surface area contributed by atoms with Crippen LogP contribution in [0.25, 0.3) is 0 Å². The molecule has 0 spiro atoms. The topological polar surface area (TPSA) is 210 Å². The minimum absolute atomic E-state index is 0.0708. The fraction of sp³-hybridized carbons (Fsp3) is 0.526. The molecule has 2 saturated heterocycles. The monoisotopic (exact) mass is 754 g/mol. The number of aryl methyl sites for hydroxylation is 2. The van der Waals surface area contributed by atoms with Crippen LogP contribution in [-0.2, 0) is 38.3 Å². The van der Waals surface area contributed by atoms with E-state index in [4.69, 9.17) is 19.1 Å². The molecule has 2 unspecified atom stereocenters. The second-order valence-corrected chi connectivity index (χ2v) is 15.3. The summed E-state index contributed by atoms with van der Waals surface area (Å²) in [5, 5.41) is 31.9. The van der Waals surface area contributed by atoms with Crippen LogP contribution in [0.4, 0.5) is 0 Å². The van der Waals surface area contributed by atoms with Crippen molar-refractivity contribution in [2.45, 2.75) is 89.9 Å². The predicted molar refractivity (Wildman–Crippen MR) is 192 cm³/mol. The summed E-state index contributed by atoms with van der Waals surface area (Å²) in [6.07, 6.45) is 0. The van der Waals surface area contributed by atoms with Crippen LogP contribution in [-0.4, -0.2) is 130 Å². The van der Waals surface area contributed by atoms with E-state index in [1.807, 2.05) is 0 Å². The predicted octanol–water partition coefficient (Wildman–Crippen LogP) is 0.979. The fourth-order valence-corrected chi connectivity index (χ4v) is 5.50. The van der Waals surface area contributed by atoms with Gasteiger partial charge in [-0.15, -0.1) is 0 Å².